The van der Waals surface area contributed by atoms with E-state index in [0.29, 0.717) is 0 Å². The van der Waals surface area contributed by atoms with Gasteiger partial charge in [0.2, 0.25) is 0 Å². The van der Waals surface area contributed by atoms with Crippen molar-refractivity contribution in [2.24, 2.45) is 0 Å². The van der Waals surface area contributed by atoms with Crippen LogP contribution in [0.15, 0.2) is 12.4 Å². The third kappa shape index (κ3) is 1.66. The van der Waals surface area contributed by atoms with E-state index in [1.165, 1.54) is 0 Å². The van der Waals surface area contributed by atoms with Crippen molar-refractivity contribution in [3.05, 3.63) is 12.4 Å². The van der Waals surface area contributed by atoms with Crippen LogP contribution in [-0.2, 0) is 0 Å². The lowest BCUT2D eigenvalue weighted by Crippen LogP contribution is -2.44. The molecular formula is C8H16N2O. The summed E-state index contributed by atoms with van der Waals surface area (Å²) in [6, 6.07) is 0. The Bertz CT molecular complexity index is 165. The molecule has 64 valence electrons. The molecule has 0 radical (unpaired) electrons. The highest BCUT2D eigenvalue weighted by atomic mass is 16.3. The van der Waals surface area contributed by atoms with E-state index in [-0.39, 0.29) is 12.1 Å². The SMILES string of the molecule is CN1C=CN(C(C)(C)CO)C1. The van der Waals surface area contributed by atoms with Gasteiger partial charge in [-0.25, -0.2) is 0 Å². The highest BCUT2D eigenvalue weighted by Gasteiger charge is 2.25. The van der Waals surface area contributed by atoms with E-state index in [4.69, 9.17) is 5.11 Å². The van der Waals surface area contributed by atoms with Gasteiger partial charge in [-0.05, 0) is 13.8 Å². The Hall–Kier alpha value is -0.700. The van der Waals surface area contributed by atoms with Crippen molar-refractivity contribution >= 4 is 0 Å². The minimum atomic E-state index is -0.138. The number of aliphatic hydroxyl groups is 1. The van der Waals surface area contributed by atoms with Crippen molar-refractivity contribution in [2.45, 2.75) is 19.4 Å². The minimum absolute atomic E-state index is 0.138. The summed E-state index contributed by atoms with van der Waals surface area (Å²) in [5.41, 5.74) is -0.138. The second-order valence-corrected chi connectivity index (χ2v) is 3.64. The zero-order valence-electron chi connectivity index (χ0n) is 7.41. The van der Waals surface area contributed by atoms with Crippen molar-refractivity contribution in [1.82, 2.24) is 9.80 Å². The van der Waals surface area contributed by atoms with Crippen molar-refractivity contribution in [2.75, 3.05) is 20.3 Å². The number of rotatable bonds is 2. The summed E-state index contributed by atoms with van der Waals surface area (Å²) < 4.78 is 0. The predicted octanol–water partition coefficient (Wildman–Crippen LogP) is 0.433. The zero-order valence-corrected chi connectivity index (χ0v) is 7.41. The molecule has 0 saturated heterocycles. The van der Waals surface area contributed by atoms with Crippen molar-refractivity contribution < 1.29 is 5.11 Å². The first kappa shape index (κ1) is 8.40. The molecule has 0 unspecified atom stereocenters. The molecule has 1 heterocycles. The molecule has 11 heavy (non-hydrogen) atoms. The minimum Gasteiger partial charge on any atom is -0.394 e. The lowest BCUT2D eigenvalue weighted by molar-refractivity contribution is 0.0837. The van der Waals surface area contributed by atoms with E-state index in [1.807, 2.05) is 33.3 Å². The molecule has 1 rings (SSSR count). The molecule has 0 atom stereocenters. The topological polar surface area (TPSA) is 26.7 Å². The third-order valence-corrected chi connectivity index (χ3v) is 2.04. The van der Waals surface area contributed by atoms with Crippen LogP contribution in [0.5, 0.6) is 0 Å². The standard InChI is InChI=1S/C8H16N2O/c1-8(2,6-11)10-5-4-9(3)7-10/h4-5,11H,6-7H2,1-3H3. The Balaban J connectivity index is 2.57. The van der Waals surface area contributed by atoms with Crippen LogP contribution in [0.1, 0.15) is 13.8 Å². The van der Waals surface area contributed by atoms with Gasteiger partial charge in [0.1, 0.15) is 0 Å². The summed E-state index contributed by atoms with van der Waals surface area (Å²) in [6.07, 6.45) is 4.02. The molecule has 0 aromatic heterocycles. The van der Waals surface area contributed by atoms with E-state index in [0.717, 1.165) is 6.67 Å². The van der Waals surface area contributed by atoms with Crippen molar-refractivity contribution in [3.8, 4) is 0 Å². The van der Waals surface area contributed by atoms with Gasteiger partial charge in [-0.1, -0.05) is 0 Å². The number of nitrogens with zero attached hydrogens (tertiary/aromatic N) is 2. The highest BCUT2D eigenvalue weighted by molar-refractivity contribution is 4.96. The first-order valence-electron chi connectivity index (χ1n) is 3.82. The Kier molecular flexibility index (Phi) is 2.09. The number of hydrogen-bond acceptors (Lipinski definition) is 3. The highest BCUT2D eigenvalue weighted by Crippen LogP contribution is 2.17. The summed E-state index contributed by atoms with van der Waals surface area (Å²) in [7, 11) is 2.02. The Morgan fingerprint density at radius 3 is 2.45 bits per heavy atom. The second kappa shape index (κ2) is 2.74. The van der Waals surface area contributed by atoms with Gasteiger partial charge in [0.15, 0.2) is 0 Å². The van der Waals surface area contributed by atoms with Gasteiger partial charge in [-0.3, -0.25) is 0 Å². The molecule has 1 aliphatic rings. The average molecular weight is 156 g/mol. The second-order valence-electron chi connectivity index (χ2n) is 3.64. The van der Waals surface area contributed by atoms with Crippen LogP contribution >= 0.6 is 0 Å². The van der Waals surface area contributed by atoms with Gasteiger partial charge in [-0.15, -0.1) is 0 Å². The molecule has 0 fully saturated rings. The van der Waals surface area contributed by atoms with E-state index >= 15 is 0 Å². The molecule has 0 saturated carbocycles. The van der Waals surface area contributed by atoms with Crippen LogP contribution in [0.3, 0.4) is 0 Å². The fourth-order valence-electron chi connectivity index (χ4n) is 1.01. The fourth-order valence-corrected chi connectivity index (χ4v) is 1.01. The molecule has 0 amide bonds. The van der Waals surface area contributed by atoms with Crippen LogP contribution in [0, 0.1) is 0 Å². The Morgan fingerprint density at radius 1 is 1.45 bits per heavy atom. The van der Waals surface area contributed by atoms with Gasteiger partial charge in [-0.2, -0.15) is 0 Å². The Labute approximate surface area is 67.9 Å². The van der Waals surface area contributed by atoms with Gasteiger partial charge in [0, 0.05) is 19.4 Å². The van der Waals surface area contributed by atoms with Crippen molar-refractivity contribution in [3.63, 3.8) is 0 Å². The first-order valence-corrected chi connectivity index (χ1v) is 3.82. The summed E-state index contributed by atoms with van der Waals surface area (Å²) in [4.78, 5) is 4.20. The average Bonchev–Trinajstić information content (AvgIpc) is 2.36. The van der Waals surface area contributed by atoms with E-state index < -0.39 is 0 Å². The monoisotopic (exact) mass is 156 g/mol. The van der Waals surface area contributed by atoms with Crippen LogP contribution in [-0.4, -0.2) is 40.8 Å². The maximum absolute atomic E-state index is 9.05. The molecule has 3 nitrogen and oxygen atoms in total. The molecule has 0 aliphatic carbocycles. The summed E-state index contributed by atoms with van der Waals surface area (Å²) >= 11 is 0. The van der Waals surface area contributed by atoms with Crippen LogP contribution in [0.4, 0.5) is 0 Å². The third-order valence-electron chi connectivity index (χ3n) is 2.04. The van der Waals surface area contributed by atoms with E-state index in [2.05, 4.69) is 9.80 Å². The zero-order chi connectivity index (χ0) is 8.48. The lowest BCUT2D eigenvalue weighted by Gasteiger charge is -2.34. The number of hydrogen-bond donors (Lipinski definition) is 1. The fraction of sp³-hybridized carbons (Fsp3) is 0.750. The van der Waals surface area contributed by atoms with Crippen LogP contribution in [0.25, 0.3) is 0 Å². The first-order chi connectivity index (χ1) is 5.06. The molecule has 0 aromatic rings. The molecule has 1 aliphatic heterocycles. The van der Waals surface area contributed by atoms with Gasteiger partial charge in [0.25, 0.3) is 0 Å². The molecular weight excluding hydrogens is 140 g/mol. The van der Waals surface area contributed by atoms with E-state index in [9.17, 15) is 0 Å². The smallest absolute Gasteiger partial charge is 0.0896 e. The molecule has 0 spiro atoms. The maximum Gasteiger partial charge on any atom is 0.0896 e. The summed E-state index contributed by atoms with van der Waals surface area (Å²) in [6.45, 7) is 5.10. The predicted molar refractivity (Wildman–Crippen MR) is 44.8 cm³/mol. The van der Waals surface area contributed by atoms with Gasteiger partial charge < -0.3 is 14.9 Å². The normalized spacial score (nSPS) is 18.2. The summed E-state index contributed by atoms with van der Waals surface area (Å²) in [5, 5.41) is 9.05. The molecule has 1 N–H and O–H groups in total. The lowest BCUT2D eigenvalue weighted by atomic mass is 10.1. The van der Waals surface area contributed by atoms with Gasteiger partial charge >= 0.3 is 0 Å². The van der Waals surface area contributed by atoms with E-state index in [1.54, 1.807) is 0 Å². The largest absolute Gasteiger partial charge is 0.394 e. The quantitative estimate of drug-likeness (QED) is 0.628. The molecule has 0 aromatic carbocycles. The maximum atomic E-state index is 9.05. The van der Waals surface area contributed by atoms with Crippen molar-refractivity contribution in [1.29, 1.82) is 0 Å². The summed E-state index contributed by atoms with van der Waals surface area (Å²) in [5.74, 6) is 0. The number of aliphatic hydroxyl groups excluding tert-OH is 1. The van der Waals surface area contributed by atoms with Crippen LogP contribution in [0.2, 0.25) is 0 Å². The Morgan fingerprint density at radius 2 is 2.09 bits per heavy atom. The molecule has 0 bridgehead atoms. The molecule has 3 heteroatoms. The van der Waals surface area contributed by atoms with Crippen LogP contribution < -0.4 is 0 Å². The van der Waals surface area contributed by atoms with Gasteiger partial charge in [0.05, 0.1) is 18.8 Å².